The zero-order chi connectivity index (χ0) is 13.5. The predicted molar refractivity (Wildman–Crippen MR) is 81.6 cm³/mol. The number of nitrogens with two attached hydrogens (primary N) is 1. The molecule has 0 amide bonds. The number of esters is 1. The Kier molecular flexibility index (Phi) is 6.62. The number of hydrogen-bond donors (Lipinski definition) is 1. The molecule has 0 saturated heterocycles. The normalized spacial score (nSPS) is 15.8. The van der Waals surface area contributed by atoms with E-state index in [-0.39, 0.29) is 5.57 Å². The summed E-state index contributed by atoms with van der Waals surface area (Å²) >= 11 is 2.02. The van der Waals surface area contributed by atoms with E-state index >= 15 is 0 Å². The van der Waals surface area contributed by atoms with Gasteiger partial charge in [-0.1, -0.05) is 6.58 Å². The molecule has 0 aromatic carbocycles. The highest BCUT2D eigenvalue weighted by molar-refractivity contribution is 14.2. The number of ether oxygens (including phenoxy) is 1. The predicted octanol–water partition coefficient (Wildman–Crippen LogP) is 3.40. The summed E-state index contributed by atoms with van der Waals surface area (Å²) < 4.78 is 10.4. The third-order valence-corrected chi connectivity index (χ3v) is 3.27. The molecule has 0 spiro atoms. The van der Waals surface area contributed by atoms with Gasteiger partial charge >= 0.3 is 5.97 Å². The quantitative estimate of drug-likeness (QED) is 0.342. The molecule has 0 radical (unpaired) electrons. The van der Waals surface area contributed by atoms with Crippen LogP contribution in [0.3, 0.4) is 0 Å². The number of allylic oxidation sites excluding steroid dienone is 3. The Balaban J connectivity index is 3.04. The standard InChI is InChI=1S/C12H16INO3S/c1-3-16-12(15)8(2)11-9(14)6-4-5-7-10(11)17-18-13/h7H,2-6,14H2,1H3. The fourth-order valence-electron chi connectivity index (χ4n) is 1.68. The Morgan fingerprint density at radius 3 is 3.00 bits per heavy atom. The summed E-state index contributed by atoms with van der Waals surface area (Å²) in [6, 6.07) is 0. The molecular weight excluding hydrogens is 365 g/mol. The maximum atomic E-state index is 11.7. The molecule has 0 heterocycles. The Morgan fingerprint density at radius 2 is 2.39 bits per heavy atom. The van der Waals surface area contributed by atoms with Crippen LogP contribution in [0.25, 0.3) is 0 Å². The van der Waals surface area contributed by atoms with Crippen LogP contribution >= 0.6 is 30.4 Å². The van der Waals surface area contributed by atoms with Crippen LogP contribution in [0.1, 0.15) is 26.2 Å². The topological polar surface area (TPSA) is 61.5 Å². The summed E-state index contributed by atoms with van der Waals surface area (Å²) in [7, 11) is 1.18. The maximum Gasteiger partial charge on any atom is 0.338 e. The van der Waals surface area contributed by atoms with Crippen LogP contribution in [0.2, 0.25) is 0 Å². The zero-order valence-electron chi connectivity index (χ0n) is 10.2. The van der Waals surface area contributed by atoms with Crippen LogP contribution in [0.15, 0.2) is 35.3 Å². The number of carbonyl (C=O) groups excluding carboxylic acids is 1. The van der Waals surface area contributed by atoms with Crippen LogP contribution in [0.5, 0.6) is 0 Å². The van der Waals surface area contributed by atoms with Crippen LogP contribution in [0.4, 0.5) is 0 Å². The average Bonchev–Trinajstić information content (AvgIpc) is 2.51. The summed E-state index contributed by atoms with van der Waals surface area (Å²) in [6.45, 7) is 5.84. The first-order valence-electron chi connectivity index (χ1n) is 5.62. The number of carbonyl (C=O) groups is 1. The minimum atomic E-state index is -0.453. The van der Waals surface area contributed by atoms with Crippen molar-refractivity contribution in [1.29, 1.82) is 0 Å². The summed E-state index contributed by atoms with van der Waals surface area (Å²) in [6.07, 6.45) is 4.46. The molecule has 2 N–H and O–H groups in total. The van der Waals surface area contributed by atoms with E-state index in [2.05, 4.69) is 6.58 Å². The van der Waals surface area contributed by atoms with E-state index in [0.29, 0.717) is 23.6 Å². The van der Waals surface area contributed by atoms with Gasteiger partial charge in [-0.3, -0.25) is 0 Å². The van der Waals surface area contributed by atoms with Crippen molar-refractivity contribution < 1.29 is 13.7 Å². The van der Waals surface area contributed by atoms with Gasteiger partial charge in [-0.2, -0.15) is 0 Å². The SMILES string of the molecule is C=C(C(=O)OCC)C1=C(N)CCCC=C1OSI. The number of rotatable bonds is 5. The minimum absolute atomic E-state index is 0.257. The Bertz CT molecular complexity index is 404. The van der Waals surface area contributed by atoms with Crippen LogP contribution < -0.4 is 5.73 Å². The summed E-state index contributed by atoms with van der Waals surface area (Å²) in [5.41, 5.74) is 7.48. The lowest BCUT2D eigenvalue weighted by Gasteiger charge is -2.14. The highest BCUT2D eigenvalue weighted by Crippen LogP contribution is 2.32. The lowest BCUT2D eigenvalue weighted by Crippen LogP contribution is -2.14. The first kappa shape index (κ1) is 15.4. The van der Waals surface area contributed by atoms with Crippen molar-refractivity contribution in [2.75, 3.05) is 6.61 Å². The first-order valence-corrected chi connectivity index (χ1v) is 8.91. The van der Waals surface area contributed by atoms with Crippen molar-refractivity contribution in [2.45, 2.75) is 26.2 Å². The van der Waals surface area contributed by atoms with Gasteiger partial charge in [-0.25, -0.2) is 4.79 Å². The van der Waals surface area contributed by atoms with Gasteiger partial charge in [0.15, 0.2) is 0 Å². The lowest BCUT2D eigenvalue weighted by molar-refractivity contribution is -0.138. The lowest BCUT2D eigenvalue weighted by atomic mass is 10.0. The number of hydrogen-bond acceptors (Lipinski definition) is 5. The Morgan fingerprint density at radius 1 is 1.67 bits per heavy atom. The van der Waals surface area contributed by atoms with Gasteiger partial charge in [0, 0.05) is 26.9 Å². The molecule has 18 heavy (non-hydrogen) atoms. The highest BCUT2D eigenvalue weighted by Gasteiger charge is 2.23. The molecule has 0 saturated carbocycles. The molecule has 0 unspecified atom stereocenters. The van der Waals surface area contributed by atoms with Crippen molar-refractivity contribution in [2.24, 2.45) is 5.73 Å². The van der Waals surface area contributed by atoms with Crippen LogP contribution in [0, 0.1) is 0 Å². The van der Waals surface area contributed by atoms with E-state index < -0.39 is 5.97 Å². The highest BCUT2D eigenvalue weighted by atomic mass is 127. The minimum Gasteiger partial charge on any atom is -0.462 e. The molecule has 0 aromatic rings. The monoisotopic (exact) mass is 381 g/mol. The van der Waals surface area contributed by atoms with Crippen molar-refractivity contribution in [3.63, 3.8) is 0 Å². The number of halogens is 1. The van der Waals surface area contributed by atoms with Gasteiger partial charge in [0.1, 0.15) is 15.0 Å². The fraction of sp³-hybridized carbons (Fsp3) is 0.417. The van der Waals surface area contributed by atoms with Gasteiger partial charge in [-0.15, -0.1) is 0 Å². The van der Waals surface area contributed by atoms with Crippen LogP contribution in [-0.2, 0) is 13.7 Å². The molecule has 0 bridgehead atoms. The Hall–Kier alpha value is -0.630. The molecule has 0 fully saturated rings. The van der Waals surface area contributed by atoms with Gasteiger partial charge in [0.25, 0.3) is 0 Å². The maximum absolute atomic E-state index is 11.7. The van der Waals surface area contributed by atoms with Crippen LogP contribution in [-0.4, -0.2) is 12.6 Å². The van der Waals surface area contributed by atoms with Crippen molar-refractivity contribution in [3.05, 3.63) is 35.3 Å². The second kappa shape index (κ2) is 7.73. The molecule has 1 aliphatic rings. The fourth-order valence-corrected chi connectivity index (χ4v) is 2.48. The molecular formula is C12H16INO3S. The molecule has 100 valence electrons. The van der Waals surface area contributed by atoms with Crippen molar-refractivity contribution in [3.8, 4) is 0 Å². The Labute approximate surface area is 123 Å². The van der Waals surface area contributed by atoms with E-state index in [1.807, 2.05) is 27.3 Å². The largest absolute Gasteiger partial charge is 0.462 e. The second-order valence-electron chi connectivity index (χ2n) is 3.71. The molecule has 0 aromatic heterocycles. The third-order valence-electron chi connectivity index (χ3n) is 2.49. The van der Waals surface area contributed by atoms with E-state index in [9.17, 15) is 4.79 Å². The van der Waals surface area contributed by atoms with E-state index in [4.69, 9.17) is 14.7 Å². The summed E-state index contributed by atoms with van der Waals surface area (Å²) in [5.74, 6) is 0.146. The van der Waals surface area contributed by atoms with E-state index in [0.717, 1.165) is 19.3 Å². The van der Waals surface area contributed by atoms with Gasteiger partial charge in [-0.05, 0) is 32.3 Å². The van der Waals surface area contributed by atoms with Gasteiger partial charge in [0.2, 0.25) is 0 Å². The first-order chi connectivity index (χ1) is 8.61. The van der Waals surface area contributed by atoms with E-state index in [1.165, 1.54) is 9.21 Å². The molecule has 0 aliphatic heterocycles. The summed E-state index contributed by atoms with van der Waals surface area (Å²) in [5, 5.41) is 0. The smallest absolute Gasteiger partial charge is 0.338 e. The van der Waals surface area contributed by atoms with Crippen molar-refractivity contribution >= 4 is 36.4 Å². The zero-order valence-corrected chi connectivity index (χ0v) is 13.2. The average molecular weight is 381 g/mol. The second-order valence-corrected chi connectivity index (χ2v) is 5.08. The molecule has 1 aliphatic carbocycles. The van der Waals surface area contributed by atoms with Crippen molar-refractivity contribution in [1.82, 2.24) is 0 Å². The summed E-state index contributed by atoms with van der Waals surface area (Å²) in [4.78, 5) is 11.7. The molecule has 4 nitrogen and oxygen atoms in total. The molecule has 6 heteroatoms. The van der Waals surface area contributed by atoms with Gasteiger partial charge < -0.3 is 14.7 Å². The van der Waals surface area contributed by atoms with Gasteiger partial charge in [0.05, 0.1) is 17.8 Å². The molecule has 0 atom stereocenters. The molecule has 1 rings (SSSR count). The third kappa shape index (κ3) is 3.94. The van der Waals surface area contributed by atoms with E-state index in [1.54, 1.807) is 6.92 Å².